The number of benzene rings is 1. The Morgan fingerprint density at radius 1 is 1.53 bits per heavy atom. The van der Waals surface area contributed by atoms with Gasteiger partial charge in [0.1, 0.15) is 11.5 Å². The zero-order chi connectivity index (χ0) is 12.8. The third kappa shape index (κ3) is 3.42. The first-order valence-electron chi connectivity index (χ1n) is 5.37. The average Bonchev–Trinajstić information content (AvgIpc) is 2.31. The van der Waals surface area contributed by atoms with Crippen LogP contribution in [0, 0.1) is 12.3 Å². The molecule has 90 valence electrons. The van der Waals surface area contributed by atoms with Crippen molar-refractivity contribution in [2.24, 2.45) is 0 Å². The van der Waals surface area contributed by atoms with Crippen molar-refractivity contribution in [1.29, 1.82) is 0 Å². The zero-order valence-electron chi connectivity index (χ0n) is 9.60. The topological polar surface area (TPSA) is 69.6 Å². The highest BCUT2D eigenvalue weighted by Gasteiger charge is 2.14. The molecular formula is C13H15NO3. The molecule has 4 heteroatoms. The SMILES string of the molecule is C#CC(CCC)NC(=O)c1cc(O)ccc1O. The van der Waals surface area contributed by atoms with Gasteiger partial charge < -0.3 is 15.5 Å². The van der Waals surface area contributed by atoms with Gasteiger partial charge in [0.05, 0.1) is 11.6 Å². The summed E-state index contributed by atoms with van der Waals surface area (Å²) in [4.78, 5) is 11.8. The molecular weight excluding hydrogens is 218 g/mol. The van der Waals surface area contributed by atoms with E-state index in [-0.39, 0.29) is 23.1 Å². The quantitative estimate of drug-likeness (QED) is 0.547. The summed E-state index contributed by atoms with van der Waals surface area (Å²) in [5.74, 6) is 1.70. The van der Waals surface area contributed by atoms with E-state index in [2.05, 4.69) is 11.2 Å². The van der Waals surface area contributed by atoms with E-state index in [0.717, 1.165) is 6.42 Å². The van der Waals surface area contributed by atoms with Crippen LogP contribution in [0.15, 0.2) is 18.2 Å². The maximum atomic E-state index is 11.8. The van der Waals surface area contributed by atoms with Gasteiger partial charge in [0, 0.05) is 0 Å². The molecule has 1 atom stereocenters. The van der Waals surface area contributed by atoms with E-state index in [0.29, 0.717) is 6.42 Å². The lowest BCUT2D eigenvalue weighted by Crippen LogP contribution is -2.33. The van der Waals surface area contributed by atoms with Gasteiger partial charge in [-0.3, -0.25) is 4.79 Å². The fraction of sp³-hybridized carbons (Fsp3) is 0.308. The van der Waals surface area contributed by atoms with Gasteiger partial charge in [-0.25, -0.2) is 0 Å². The van der Waals surface area contributed by atoms with Gasteiger partial charge in [0.2, 0.25) is 0 Å². The summed E-state index contributed by atoms with van der Waals surface area (Å²) in [6, 6.07) is 3.39. The molecule has 0 spiro atoms. The van der Waals surface area contributed by atoms with Crippen molar-refractivity contribution in [1.82, 2.24) is 5.32 Å². The molecule has 1 rings (SSSR count). The third-order valence-electron chi connectivity index (χ3n) is 2.31. The fourth-order valence-electron chi connectivity index (χ4n) is 1.43. The van der Waals surface area contributed by atoms with Gasteiger partial charge in [0.15, 0.2) is 0 Å². The highest BCUT2D eigenvalue weighted by atomic mass is 16.3. The lowest BCUT2D eigenvalue weighted by molar-refractivity contribution is 0.0941. The number of amides is 1. The van der Waals surface area contributed by atoms with Gasteiger partial charge >= 0.3 is 0 Å². The number of carbonyl (C=O) groups is 1. The number of hydrogen-bond donors (Lipinski definition) is 3. The van der Waals surface area contributed by atoms with Crippen molar-refractivity contribution in [2.75, 3.05) is 0 Å². The van der Waals surface area contributed by atoms with Gasteiger partial charge in [-0.2, -0.15) is 0 Å². The van der Waals surface area contributed by atoms with Crippen LogP contribution in [0.5, 0.6) is 11.5 Å². The van der Waals surface area contributed by atoms with Crippen LogP contribution < -0.4 is 5.32 Å². The Morgan fingerprint density at radius 2 is 2.24 bits per heavy atom. The summed E-state index contributed by atoms with van der Waals surface area (Å²) < 4.78 is 0. The van der Waals surface area contributed by atoms with E-state index in [1.165, 1.54) is 18.2 Å². The Labute approximate surface area is 100 Å². The number of carbonyl (C=O) groups excluding carboxylic acids is 1. The summed E-state index contributed by atoms with van der Waals surface area (Å²) in [5, 5.41) is 21.4. The molecule has 0 radical (unpaired) electrons. The van der Waals surface area contributed by atoms with Gasteiger partial charge in [0.25, 0.3) is 5.91 Å². The monoisotopic (exact) mass is 233 g/mol. The first kappa shape index (κ1) is 12.9. The lowest BCUT2D eigenvalue weighted by Gasteiger charge is -2.12. The molecule has 4 nitrogen and oxygen atoms in total. The van der Waals surface area contributed by atoms with Crippen LogP contribution in [0.1, 0.15) is 30.1 Å². The Morgan fingerprint density at radius 3 is 2.82 bits per heavy atom. The highest BCUT2D eigenvalue weighted by Crippen LogP contribution is 2.21. The Hall–Kier alpha value is -2.15. The molecule has 0 saturated heterocycles. The summed E-state index contributed by atoms with van der Waals surface area (Å²) in [5.41, 5.74) is 0.0151. The molecule has 1 aromatic carbocycles. The van der Waals surface area contributed by atoms with Gasteiger partial charge in [-0.1, -0.05) is 19.3 Å². The summed E-state index contributed by atoms with van der Waals surface area (Å²) in [6.07, 6.45) is 6.79. The highest BCUT2D eigenvalue weighted by molar-refractivity contribution is 5.97. The minimum atomic E-state index is -0.491. The largest absolute Gasteiger partial charge is 0.508 e. The van der Waals surface area contributed by atoms with E-state index in [1.54, 1.807) is 0 Å². The summed E-state index contributed by atoms with van der Waals surface area (Å²) >= 11 is 0. The molecule has 17 heavy (non-hydrogen) atoms. The number of phenols is 2. The molecule has 0 aromatic heterocycles. The normalized spacial score (nSPS) is 11.5. The van der Waals surface area contributed by atoms with Crippen LogP contribution in [0.2, 0.25) is 0 Å². The van der Waals surface area contributed by atoms with Crippen molar-refractivity contribution in [3.05, 3.63) is 23.8 Å². The fourth-order valence-corrected chi connectivity index (χ4v) is 1.43. The van der Waals surface area contributed by atoms with Crippen molar-refractivity contribution in [2.45, 2.75) is 25.8 Å². The predicted octanol–water partition coefficient (Wildman–Crippen LogP) is 1.63. The van der Waals surface area contributed by atoms with E-state index in [9.17, 15) is 15.0 Å². The third-order valence-corrected chi connectivity index (χ3v) is 2.31. The van der Waals surface area contributed by atoms with Crippen LogP contribution in [0.4, 0.5) is 0 Å². The number of hydrogen-bond acceptors (Lipinski definition) is 3. The molecule has 0 aliphatic carbocycles. The molecule has 1 amide bonds. The molecule has 0 aliphatic heterocycles. The molecule has 0 bridgehead atoms. The van der Waals surface area contributed by atoms with Crippen LogP contribution in [0.3, 0.4) is 0 Å². The Kier molecular flexibility index (Phi) is 4.41. The van der Waals surface area contributed by atoms with Gasteiger partial charge in [-0.15, -0.1) is 6.42 Å². The first-order valence-corrected chi connectivity index (χ1v) is 5.37. The number of rotatable bonds is 4. The molecule has 0 fully saturated rings. The van der Waals surface area contributed by atoms with Crippen LogP contribution in [-0.4, -0.2) is 22.2 Å². The molecule has 0 aliphatic rings. The average molecular weight is 233 g/mol. The lowest BCUT2D eigenvalue weighted by atomic mass is 10.1. The molecule has 0 saturated carbocycles. The van der Waals surface area contributed by atoms with E-state index in [4.69, 9.17) is 6.42 Å². The maximum Gasteiger partial charge on any atom is 0.256 e. The van der Waals surface area contributed by atoms with Crippen molar-refractivity contribution in [3.8, 4) is 23.8 Å². The second kappa shape index (κ2) is 5.80. The summed E-state index contributed by atoms with van der Waals surface area (Å²) in [6.45, 7) is 1.96. The van der Waals surface area contributed by atoms with Gasteiger partial charge in [-0.05, 0) is 24.6 Å². The van der Waals surface area contributed by atoms with Crippen LogP contribution in [0.25, 0.3) is 0 Å². The summed E-state index contributed by atoms with van der Waals surface area (Å²) in [7, 11) is 0. The van der Waals surface area contributed by atoms with Crippen LogP contribution in [-0.2, 0) is 0 Å². The van der Waals surface area contributed by atoms with Crippen molar-refractivity contribution in [3.63, 3.8) is 0 Å². The molecule has 3 N–H and O–H groups in total. The number of nitrogens with one attached hydrogen (secondary N) is 1. The first-order chi connectivity index (χ1) is 8.08. The Bertz CT molecular complexity index is 448. The molecule has 0 heterocycles. The zero-order valence-corrected chi connectivity index (χ0v) is 9.60. The number of terminal acetylenes is 1. The van der Waals surface area contributed by atoms with E-state index >= 15 is 0 Å². The molecule has 1 aromatic rings. The second-order valence-corrected chi connectivity index (χ2v) is 3.68. The maximum absolute atomic E-state index is 11.8. The standard InChI is InChI=1S/C13H15NO3/c1-3-5-9(4-2)14-13(17)11-8-10(15)6-7-12(11)16/h2,6-9,15-16H,3,5H2,1H3,(H,14,17). The van der Waals surface area contributed by atoms with Crippen molar-refractivity contribution < 1.29 is 15.0 Å². The number of phenolic OH excluding ortho intramolecular Hbond substituents is 2. The smallest absolute Gasteiger partial charge is 0.256 e. The minimum absolute atomic E-state index is 0.0151. The predicted molar refractivity (Wildman–Crippen MR) is 64.8 cm³/mol. The van der Waals surface area contributed by atoms with Crippen LogP contribution >= 0.6 is 0 Å². The second-order valence-electron chi connectivity index (χ2n) is 3.68. The van der Waals surface area contributed by atoms with E-state index < -0.39 is 5.91 Å². The Balaban J connectivity index is 2.83. The number of aromatic hydroxyl groups is 2. The minimum Gasteiger partial charge on any atom is -0.508 e. The van der Waals surface area contributed by atoms with Crippen molar-refractivity contribution >= 4 is 5.91 Å². The molecule has 1 unspecified atom stereocenters. The van der Waals surface area contributed by atoms with E-state index in [1.807, 2.05) is 6.92 Å².